The Morgan fingerprint density at radius 1 is 1.00 bits per heavy atom. The molecule has 0 fully saturated rings. The minimum atomic E-state index is -3.50. The summed E-state index contributed by atoms with van der Waals surface area (Å²) in [4.78, 5) is 0.407. The van der Waals surface area contributed by atoms with Gasteiger partial charge in [-0.15, -0.1) is 0 Å². The lowest BCUT2D eigenvalue weighted by Gasteiger charge is -2.31. The molecule has 0 atom stereocenters. The summed E-state index contributed by atoms with van der Waals surface area (Å²) in [5.41, 5.74) is 4.08. The molecule has 4 nitrogen and oxygen atoms in total. The van der Waals surface area contributed by atoms with Gasteiger partial charge in [-0.05, 0) is 54.7 Å². The molecule has 1 N–H and O–H groups in total. The highest BCUT2D eigenvalue weighted by Crippen LogP contribution is 2.34. The second kappa shape index (κ2) is 5.02. The molecule has 0 unspecified atom stereocenters. The average Bonchev–Trinajstić information content (AvgIpc) is 3.02. The molecule has 0 saturated carbocycles. The maximum absolute atomic E-state index is 13.0. The Hall–Kier alpha value is -2.01. The fraction of sp³-hybridized carbons (Fsp3) is 0.294. The minimum Gasteiger partial charge on any atom is -0.382 e. The summed E-state index contributed by atoms with van der Waals surface area (Å²) >= 11 is 0. The molecule has 0 saturated heterocycles. The van der Waals surface area contributed by atoms with Crippen LogP contribution in [0.15, 0.2) is 47.4 Å². The van der Waals surface area contributed by atoms with Gasteiger partial charge in [0, 0.05) is 6.54 Å². The molecule has 0 spiro atoms. The number of aryl methyl sites for hydroxylation is 2. The van der Waals surface area contributed by atoms with Crippen molar-refractivity contribution in [1.29, 1.82) is 0 Å². The third-order valence-electron chi connectivity index (χ3n) is 4.46. The van der Waals surface area contributed by atoms with Crippen molar-refractivity contribution in [3.05, 3.63) is 53.6 Å². The normalized spacial score (nSPS) is 16.8. The molecule has 2 aromatic carbocycles. The molecule has 2 aromatic rings. The second-order valence-corrected chi connectivity index (χ2v) is 7.67. The smallest absolute Gasteiger partial charge is 0.264 e. The Balaban J connectivity index is 1.79. The largest absolute Gasteiger partial charge is 0.382 e. The number of hydrogen-bond donors (Lipinski definition) is 1. The minimum absolute atomic E-state index is 0.407. The predicted molar refractivity (Wildman–Crippen MR) is 87.9 cm³/mol. The van der Waals surface area contributed by atoms with Gasteiger partial charge >= 0.3 is 0 Å². The SMILES string of the molecule is O=S(=O)(c1ccc2c(c1)CCC2)N1CCNc2ccccc21. The number of fused-ring (bicyclic) bond motifs is 2. The summed E-state index contributed by atoms with van der Waals surface area (Å²) in [5, 5.41) is 3.25. The average molecular weight is 314 g/mol. The van der Waals surface area contributed by atoms with Crippen molar-refractivity contribution in [3.8, 4) is 0 Å². The highest BCUT2D eigenvalue weighted by molar-refractivity contribution is 7.92. The van der Waals surface area contributed by atoms with Crippen molar-refractivity contribution in [2.45, 2.75) is 24.2 Å². The van der Waals surface area contributed by atoms with Gasteiger partial charge in [-0.3, -0.25) is 4.31 Å². The first kappa shape index (κ1) is 13.6. The van der Waals surface area contributed by atoms with Crippen molar-refractivity contribution < 1.29 is 8.42 Å². The Bertz CT molecular complexity index is 830. The van der Waals surface area contributed by atoms with E-state index >= 15 is 0 Å². The van der Waals surface area contributed by atoms with E-state index in [0.717, 1.165) is 30.6 Å². The van der Waals surface area contributed by atoms with E-state index in [0.29, 0.717) is 18.0 Å². The maximum Gasteiger partial charge on any atom is 0.264 e. The summed E-state index contributed by atoms with van der Waals surface area (Å²) in [6.45, 7) is 1.08. The van der Waals surface area contributed by atoms with Crippen LogP contribution in [-0.4, -0.2) is 21.5 Å². The lowest BCUT2D eigenvalue weighted by atomic mass is 10.1. The topological polar surface area (TPSA) is 49.4 Å². The van der Waals surface area contributed by atoms with Crippen molar-refractivity contribution in [2.24, 2.45) is 0 Å². The molecule has 1 aliphatic carbocycles. The van der Waals surface area contributed by atoms with Gasteiger partial charge in [0.05, 0.1) is 22.8 Å². The molecule has 0 aromatic heterocycles. The summed E-state index contributed by atoms with van der Waals surface area (Å²) in [6.07, 6.45) is 3.16. The number of anilines is 2. The first-order chi connectivity index (χ1) is 10.7. The van der Waals surface area contributed by atoms with Gasteiger partial charge in [-0.1, -0.05) is 18.2 Å². The van der Waals surface area contributed by atoms with E-state index in [1.165, 1.54) is 15.4 Å². The third kappa shape index (κ3) is 2.08. The van der Waals surface area contributed by atoms with Crippen LogP contribution in [0.3, 0.4) is 0 Å². The van der Waals surface area contributed by atoms with E-state index in [9.17, 15) is 8.42 Å². The van der Waals surface area contributed by atoms with Crippen LogP contribution in [0.5, 0.6) is 0 Å². The van der Waals surface area contributed by atoms with Crippen LogP contribution >= 0.6 is 0 Å². The molecule has 0 radical (unpaired) electrons. The van der Waals surface area contributed by atoms with Gasteiger partial charge in [0.2, 0.25) is 0 Å². The van der Waals surface area contributed by atoms with Crippen LogP contribution in [0.1, 0.15) is 17.5 Å². The van der Waals surface area contributed by atoms with Gasteiger partial charge in [0.1, 0.15) is 0 Å². The molecular formula is C17H18N2O2S. The summed E-state index contributed by atoms with van der Waals surface area (Å²) in [5.74, 6) is 0. The molecular weight excluding hydrogens is 296 g/mol. The van der Waals surface area contributed by atoms with Gasteiger partial charge in [-0.2, -0.15) is 0 Å². The molecule has 4 rings (SSSR count). The van der Waals surface area contributed by atoms with E-state index in [1.807, 2.05) is 36.4 Å². The van der Waals surface area contributed by atoms with E-state index in [-0.39, 0.29) is 0 Å². The molecule has 2 aliphatic rings. The van der Waals surface area contributed by atoms with Gasteiger partial charge in [-0.25, -0.2) is 8.42 Å². The zero-order chi connectivity index (χ0) is 15.2. The van der Waals surface area contributed by atoms with Crippen LogP contribution in [-0.2, 0) is 22.9 Å². The summed E-state index contributed by atoms with van der Waals surface area (Å²) < 4.78 is 27.6. The fourth-order valence-electron chi connectivity index (χ4n) is 3.34. The number of para-hydroxylation sites is 2. The number of sulfonamides is 1. The van der Waals surface area contributed by atoms with E-state index in [4.69, 9.17) is 0 Å². The molecule has 0 bridgehead atoms. The summed E-state index contributed by atoms with van der Waals surface area (Å²) in [6, 6.07) is 13.1. The van der Waals surface area contributed by atoms with Gasteiger partial charge in [0.15, 0.2) is 0 Å². The molecule has 114 valence electrons. The number of hydrogen-bond acceptors (Lipinski definition) is 3. The van der Waals surface area contributed by atoms with Crippen LogP contribution in [0.4, 0.5) is 11.4 Å². The van der Waals surface area contributed by atoms with Crippen LogP contribution in [0.2, 0.25) is 0 Å². The maximum atomic E-state index is 13.0. The standard InChI is InChI=1S/C17H18N2O2S/c20-22(21,15-9-8-13-4-3-5-14(13)12-15)19-11-10-18-16-6-1-2-7-17(16)19/h1-2,6-9,12,18H,3-5,10-11H2. The monoisotopic (exact) mass is 314 g/mol. The van der Waals surface area contributed by atoms with Gasteiger partial charge < -0.3 is 5.32 Å². The Kier molecular flexibility index (Phi) is 3.11. The molecule has 1 aliphatic heterocycles. The lowest BCUT2D eigenvalue weighted by Crippen LogP contribution is -2.38. The molecule has 22 heavy (non-hydrogen) atoms. The summed E-state index contributed by atoms with van der Waals surface area (Å²) in [7, 11) is -3.50. The van der Waals surface area contributed by atoms with Crippen LogP contribution < -0.4 is 9.62 Å². The predicted octanol–water partition coefficient (Wildman–Crippen LogP) is 2.80. The Morgan fingerprint density at radius 2 is 1.82 bits per heavy atom. The molecule has 5 heteroatoms. The van der Waals surface area contributed by atoms with Gasteiger partial charge in [0.25, 0.3) is 10.0 Å². The number of nitrogens with one attached hydrogen (secondary N) is 1. The van der Waals surface area contributed by atoms with E-state index in [2.05, 4.69) is 5.32 Å². The fourth-order valence-corrected chi connectivity index (χ4v) is 4.87. The quantitative estimate of drug-likeness (QED) is 0.927. The van der Waals surface area contributed by atoms with Crippen molar-refractivity contribution in [1.82, 2.24) is 0 Å². The highest BCUT2D eigenvalue weighted by atomic mass is 32.2. The zero-order valence-corrected chi connectivity index (χ0v) is 13.1. The van der Waals surface area contributed by atoms with Crippen molar-refractivity contribution in [2.75, 3.05) is 22.7 Å². The van der Waals surface area contributed by atoms with E-state index in [1.54, 1.807) is 6.07 Å². The number of benzene rings is 2. The Morgan fingerprint density at radius 3 is 2.73 bits per heavy atom. The molecule has 1 heterocycles. The lowest BCUT2D eigenvalue weighted by molar-refractivity contribution is 0.590. The third-order valence-corrected chi connectivity index (χ3v) is 6.27. The molecule has 0 amide bonds. The zero-order valence-electron chi connectivity index (χ0n) is 12.2. The van der Waals surface area contributed by atoms with E-state index < -0.39 is 10.0 Å². The Labute approximate surface area is 130 Å². The first-order valence-corrected chi connectivity index (χ1v) is 9.08. The van der Waals surface area contributed by atoms with Crippen molar-refractivity contribution in [3.63, 3.8) is 0 Å². The number of rotatable bonds is 2. The highest BCUT2D eigenvalue weighted by Gasteiger charge is 2.29. The second-order valence-electron chi connectivity index (χ2n) is 5.81. The van der Waals surface area contributed by atoms with Crippen LogP contribution in [0.25, 0.3) is 0 Å². The number of nitrogens with zero attached hydrogens (tertiary/aromatic N) is 1. The van der Waals surface area contributed by atoms with Crippen molar-refractivity contribution >= 4 is 21.4 Å². The van der Waals surface area contributed by atoms with Crippen LogP contribution in [0, 0.1) is 0 Å². The first-order valence-electron chi connectivity index (χ1n) is 7.64.